The Morgan fingerprint density at radius 1 is 1.09 bits per heavy atom. The predicted molar refractivity (Wildman–Crippen MR) is 132 cm³/mol. The number of hydrogen-bond acceptors (Lipinski definition) is 6. The van der Waals surface area contributed by atoms with Crippen LogP contribution in [-0.2, 0) is 16.6 Å². The summed E-state index contributed by atoms with van der Waals surface area (Å²) in [5.41, 5.74) is 3.38. The molecule has 0 aliphatic heterocycles. The van der Waals surface area contributed by atoms with Crippen LogP contribution in [0, 0.1) is 6.92 Å². The third-order valence-electron chi connectivity index (χ3n) is 4.82. The number of hydrogen-bond donors (Lipinski definition) is 2. The van der Waals surface area contributed by atoms with Gasteiger partial charge in [-0.3, -0.25) is 19.8 Å². The standard InChI is InChI=1S/C25H29N5O4/c1-15(20-9-8-17(10-22(20)33-7)18-12-27-30(6)14-18)23(31)29-21-11-19(13-26-16(21)2)28-24(32)34-25(3,4)5/h8-14H,1H2,2-7H3,(H,28,32)(H,29,31). The van der Waals surface area contributed by atoms with E-state index in [0.717, 1.165) is 11.1 Å². The molecule has 0 saturated heterocycles. The summed E-state index contributed by atoms with van der Waals surface area (Å²) >= 11 is 0. The fraction of sp³-hybridized carbons (Fsp3) is 0.280. The summed E-state index contributed by atoms with van der Waals surface area (Å²) in [5, 5.41) is 9.61. The van der Waals surface area contributed by atoms with Gasteiger partial charge in [0.2, 0.25) is 0 Å². The molecule has 0 aliphatic rings. The number of methoxy groups -OCH3 is 1. The maximum atomic E-state index is 13.0. The van der Waals surface area contributed by atoms with Gasteiger partial charge in [-0.15, -0.1) is 0 Å². The number of ether oxygens (including phenoxy) is 2. The van der Waals surface area contributed by atoms with E-state index in [0.29, 0.717) is 28.4 Å². The Bertz CT molecular complexity index is 1240. The van der Waals surface area contributed by atoms with Crippen LogP contribution in [0.5, 0.6) is 5.75 Å². The number of carbonyl (C=O) groups is 2. The molecule has 2 N–H and O–H groups in total. The molecule has 9 heteroatoms. The van der Waals surface area contributed by atoms with Gasteiger partial charge in [-0.25, -0.2) is 4.79 Å². The van der Waals surface area contributed by atoms with E-state index < -0.39 is 17.6 Å². The Morgan fingerprint density at radius 2 is 1.82 bits per heavy atom. The fourth-order valence-corrected chi connectivity index (χ4v) is 3.16. The average Bonchev–Trinajstić information content (AvgIpc) is 3.20. The van der Waals surface area contributed by atoms with Crippen LogP contribution in [0.1, 0.15) is 32.0 Å². The molecule has 2 amide bonds. The molecule has 2 aromatic heterocycles. The molecule has 3 rings (SSSR count). The highest BCUT2D eigenvalue weighted by Crippen LogP contribution is 2.31. The monoisotopic (exact) mass is 463 g/mol. The quantitative estimate of drug-likeness (QED) is 0.509. The van der Waals surface area contributed by atoms with Crippen molar-refractivity contribution in [3.05, 3.63) is 60.7 Å². The first-order chi connectivity index (χ1) is 16.0. The number of aryl methyl sites for hydroxylation is 2. The first-order valence-corrected chi connectivity index (χ1v) is 10.6. The summed E-state index contributed by atoms with van der Waals surface area (Å²) in [4.78, 5) is 29.3. The molecular weight excluding hydrogens is 434 g/mol. The third-order valence-corrected chi connectivity index (χ3v) is 4.82. The second-order valence-electron chi connectivity index (χ2n) is 8.73. The maximum Gasteiger partial charge on any atom is 0.412 e. The molecule has 9 nitrogen and oxygen atoms in total. The summed E-state index contributed by atoms with van der Waals surface area (Å²) < 4.78 is 12.5. The SMILES string of the molecule is C=C(C(=O)Nc1cc(NC(=O)OC(C)(C)C)cnc1C)c1ccc(-c2cnn(C)c2)cc1OC. The summed E-state index contributed by atoms with van der Waals surface area (Å²) in [6, 6.07) is 7.11. The van der Waals surface area contributed by atoms with Crippen LogP contribution in [0.3, 0.4) is 0 Å². The van der Waals surface area contributed by atoms with Crippen molar-refractivity contribution in [2.24, 2.45) is 7.05 Å². The Labute approximate surface area is 198 Å². The molecular formula is C25H29N5O4. The van der Waals surface area contributed by atoms with Crippen LogP contribution in [-0.4, -0.2) is 39.5 Å². The number of rotatable bonds is 6. The van der Waals surface area contributed by atoms with Crippen LogP contribution in [0.4, 0.5) is 16.2 Å². The molecule has 0 aliphatic carbocycles. The normalized spacial score (nSPS) is 11.0. The highest BCUT2D eigenvalue weighted by molar-refractivity contribution is 6.25. The zero-order chi connectivity index (χ0) is 25.0. The van der Waals surface area contributed by atoms with E-state index in [1.165, 1.54) is 13.3 Å². The maximum absolute atomic E-state index is 13.0. The lowest BCUT2D eigenvalue weighted by Crippen LogP contribution is -2.27. The van der Waals surface area contributed by atoms with Crippen LogP contribution in [0.2, 0.25) is 0 Å². The molecule has 178 valence electrons. The zero-order valence-electron chi connectivity index (χ0n) is 20.2. The second kappa shape index (κ2) is 9.78. The Hall–Kier alpha value is -4.14. The van der Waals surface area contributed by atoms with Crippen LogP contribution in [0.15, 0.2) is 49.4 Å². The van der Waals surface area contributed by atoms with Crippen molar-refractivity contribution >= 4 is 28.9 Å². The smallest absolute Gasteiger partial charge is 0.412 e. The van der Waals surface area contributed by atoms with Gasteiger partial charge in [-0.2, -0.15) is 5.10 Å². The molecule has 0 atom stereocenters. The van der Waals surface area contributed by atoms with E-state index in [4.69, 9.17) is 9.47 Å². The lowest BCUT2D eigenvalue weighted by molar-refractivity contribution is -0.111. The van der Waals surface area contributed by atoms with E-state index in [2.05, 4.69) is 27.3 Å². The van der Waals surface area contributed by atoms with Gasteiger partial charge >= 0.3 is 6.09 Å². The first kappa shape index (κ1) is 24.5. The minimum Gasteiger partial charge on any atom is -0.496 e. The summed E-state index contributed by atoms with van der Waals surface area (Å²) in [6.45, 7) is 11.0. The van der Waals surface area contributed by atoms with E-state index in [1.54, 1.807) is 50.7 Å². The number of amides is 2. The van der Waals surface area contributed by atoms with Crippen LogP contribution in [0.25, 0.3) is 16.7 Å². The lowest BCUT2D eigenvalue weighted by Gasteiger charge is -2.20. The molecule has 3 aromatic rings. The number of aromatic nitrogens is 3. The molecule has 0 saturated carbocycles. The topological polar surface area (TPSA) is 107 Å². The molecule has 0 unspecified atom stereocenters. The first-order valence-electron chi connectivity index (χ1n) is 10.6. The fourth-order valence-electron chi connectivity index (χ4n) is 3.16. The van der Waals surface area contributed by atoms with Crippen molar-refractivity contribution in [3.8, 4) is 16.9 Å². The molecule has 34 heavy (non-hydrogen) atoms. The van der Waals surface area contributed by atoms with Gasteiger partial charge in [0.15, 0.2) is 0 Å². The van der Waals surface area contributed by atoms with E-state index in [-0.39, 0.29) is 5.57 Å². The number of carbonyl (C=O) groups excluding carboxylic acids is 2. The Kier molecular flexibility index (Phi) is 7.05. The summed E-state index contributed by atoms with van der Waals surface area (Å²) in [5.74, 6) is 0.0865. The summed E-state index contributed by atoms with van der Waals surface area (Å²) in [7, 11) is 3.38. The van der Waals surface area contributed by atoms with Crippen molar-refractivity contribution in [1.29, 1.82) is 0 Å². The minimum atomic E-state index is -0.636. The molecule has 0 fully saturated rings. The van der Waals surface area contributed by atoms with Gasteiger partial charge in [0.1, 0.15) is 11.4 Å². The van der Waals surface area contributed by atoms with Crippen LogP contribution >= 0.6 is 0 Å². The second-order valence-corrected chi connectivity index (χ2v) is 8.73. The highest BCUT2D eigenvalue weighted by atomic mass is 16.6. The van der Waals surface area contributed by atoms with Crippen molar-refractivity contribution < 1.29 is 19.1 Å². The molecule has 1 aromatic carbocycles. The number of anilines is 2. The van der Waals surface area contributed by atoms with Crippen molar-refractivity contribution in [3.63, 3.8) is 0 Å². The molecule has 2 heterocycles. The average molecular weight is 464 g/mol. The highest BCUT2D eigenvalue weighted by Gasteiger charge is 2.19. The number of pyridine rings is 1. The van der Waals surface area contributed by atoms with Gasteiger partial charge in [0, 0.05) is 29.9 Å². The van der Waals surface area contributed by atoms with Crippen molar-refractivity contribution in [1.82, 2.24) is 14.8 Å². The lowest BCUT2D eigenvalue weighted by atomic mass is 10.0. The molecule has 0 radical (unpaired) electrons. The van der Waals surface area contributed by atoms with E-state index >= 15 is 0 Å². The third kappa shape index (κ3) is 6.00. The van der Waals surface area contributed by atoms with Gasteiger partial charge in [-0.1, -0.05) is 12.6 Å². The molecule has 0 spiro atoms. The number of benzene rings is 1. The van der Waals surface area contributed by atoms with E-state index in [9.17, 15) is 9.59 Å². The van der Waals surface area contributed by atoms with Gasteiger partial charge in [0.05, 0.1) is 36.6 Å². The Balaban J connectivity index is 1.78. The van der Waals surface area contributed by atoms with E-state index in [1.807, 2.05) is 25.4 Å². The number of nitrogens with one attached hydrogen (secondary N) is 2. The summed E-state index contributed by atoms with van der Waals surface area (Å²) in [6.07, 6.45) is 4.52. The largest absolute Gasteiger partial charge is 0.496 e. The van der Waals surface area contributed by atoms with Gasteiger partial charge in [-0.05, 0) is 51.5 Å². The van der Waals surface area contributed by atoms with Gasteiger partial charge in [0.25, 0.3) is 5.91 Å². The van der Waals surface area contributed by atoms with Crippen molar-refractivity contribution in [2.75, 3.05) is 17.7 Å². The van der Waals surface area contributed by atoms with Crippen LogP contribution < -0.4 is 15.4 Å². The number of nitrogens with zero attached hydrogens (tertiary/aromatic N) is 3. The van der Waals surface area contributed by atoms with Crippen molar-refractivity contribution in [2.45, 2.75) is 33.3 Å². The zero-order valence-corrected chi connectivity index (χ0v) is 20.2. The van der Waals surface area contributed by atoms with Gasteiger partial charge < -0.3 is 14.8 Å². The Morgan fingerprint density at radius 3 is 2.44 bits per heavy atom. The predicted octanol–water partition coefficient (Wildman–Crippen LogP) is 4.80. The molecule has 0 bridgehead atoms. The minimum absolute atomic E-state index is 0.222.